The van der Waals surface area contributed by atoms with Crippen molar-refractivity contribution in [1.29, 1.82) is 0 Å². The first-order valence-electron chi connectivity index (χ1n) is 7.38. The Morgan fingerprint density at radius 2 is 1.64 bits per heavy atom. The molecule has 3 aromatic rings. The van der Waals surface area contributed by atoms with Gasteiger partial charge in [-0.05, 0) is 48.5 Å². The Labute approximate surface area is 146 Å². The fraction of sp³-hybridized carbons (Fsp3) is 0.118. The minimum atomic E-state index is -0.365. The van der Waals surface area contributed by atoms with E-state index in [2.05, 4.69) is 15.5 Å². The van der Waals surface area contributed by atoms with E-state index in [-0.39, 0.29) is 35.9 Å². The highest BCUT2D eigenvalue weighted by Crippen LogP contribution is 2.21. The predicted molar refractivity (Wildman–Crippen MR) is 90.1 cm³/mol. The van der Waals surface area contributed by atoms with Gasteiger partial charge in [0, 0.05) is 22.6 Å². The van der Waals surface area contributed by atoms with E-state index in [1.54, 1.807) is 12.1 Å². The average Bonchev–Trinajstić information content (AvgIpc) is 3.06. The highest BCUT2D eigenvalue weighted by Gasteiger charge is 2.11. The van der Waals surface area contributed by atoms with E-state index in [9.17, 15) is 13.6 Å². The van der Waals surface area contributed by atoms with Crippen molar-refractivity contribution in [3.05, 3.63) is 60.2 Å². The molecule has 0 aliphatic heterocycles. The highest BCUT2D eigenvalue weighted by molar-refractivity contribution is 7.99. The van der Waals surface area contributed by atoms with Crippen LogP contribution in [-0.4, -0.2) is 21.9 Å². The van der Waals surface area contributed by atoms with Crippen molar-refractivity contribution in [2.24, 2.45) is 0 Å². The van der Waals surface area contributed by atoms with Gasteiger partial charge in [-0.25, -0.2) is 8.78 Å². The summed E-state index contributed by atoms with van der Waals surface area (Å²) in [5.41, 5.74) is 0.557. The van der Waals surface area contributed by atoms with Gasteiger partial charge in [-0.15, -0.1) is 16.9 Å². The summed E-state index contributed by atoms with van der Waals surface area (Å²) >= 11 is 1.44. The minimum Gasteiger partial charge on any atom is -0.403 e. The molecule has 1 heterocycles. The van der Waals surface area contributed by atoms with Gasteiger partial charge in [0.2, 0.25) is 11.8 Å². The largest absolute Gasteiger partial charge is 0.403 e. The maximum Gasteiger partial charge on any atom is 0.322 e. The van der Waals surface area contributed by atoms with Crippen LogP contribution in [0.1, 0.15) is 6.42 Å². The molecule has 0 spiro atoms. The van der Waals surface area contributed by atoms with Crippen molar-refractivity contribution in [3.8, 4) is 11.5 Å². The number of rotatable bonds is 6. The maximum atomic E-state index is 12.9. The molecule has 1 N–H and O–H groups in total. The Kier molecular flexibility index (Phi) is 5.39. The molecule has 0 aliphatic rings. The van der Waals surface area contributed by atoms with Crippen LogP contribution < -0.4 is 5.32 Å². The Hall–Kier alpha value is -2.74. The number of carbonyl (C=O) groups is 1. The molecule has 1 aromatic heterocycles. The van der Waals surface area contributed by atoms with Crippen LogP contribution in [0.2, 0.25) is 0 Å². The molecule has 0 unspecified atom stereocenters. The summed E-state index contributed by atoms with van der Waals surface area (Å²) in [6, 6.07) is 11.6. The minimum absolute atomic E-state index is 0.0175. The van der Waals surface area contributed by atoms with Crippen LogP contribution in [0.4, 0.5) is 14.8 Å². The van der Waals surface area contributed by atoms with Crippen LogP contribution in [0.15, 0.2) is 57.8 Å². The Bertz CT molecular complexity index is 851. The zero-order chi connectivity index (χ0) is 17.6. The van der Waals surface area contributed by atoms with E-state index in [4.69, 9.17) is 4.42 Å². The molecule has 0 radical (unpaired) electrons. The third kappa shape index (κ3) is 4.87. The standard InChI is InChI=1S/C17H13F2N3O2S/c18-12-3-1-11(2-4-12)16-21-22-17(24-16)20-15(23)9-10-25-14-7-5-13(19)6-8-14/h1-8H,9-10H2,(H,20,22,23). The van der Waals surface area contributed by atoms with Gasteiger partial charge in [0.25, 0.3) is 0 Å². The Balaban J connectivity index is 1.49. The number of carbonyl (C=O) groups excluding carboxylic acids is 1. The molecule has 8 heteroatoms. The Morgan fingerprint density at radius 3 is 2.32 bits per heavy atom. The SMILES string of the molecule is O=C(CCSc1ccc(F)cc1)Nc1nnc(-c2ccc(F)cc2)o1. The summed E-state index contributed by atoms with van der Waals surface area (Å²) < 4.78 is 31.0. The topological polar surface area (TPSA) is 68.0 Å². The number of anilines is 1. The highest BCUT2D eigenvalue weighted by atomic mass is 32.2. The first-order chi connectivity index (χ1) is 12.1. The number of nitrogens with one attached hydrogen (secondary N) is 1. The molecule has 0 saturated heterocycles. The van der Waals surface area contributed by atoms with Gasteiger partial charge >= 0.3 is 6.01 Å². The normalized spacial score (nSPS) is 10.6. The van der Waals surface area contributed by atoms with Crippen LogP contribution in [0.3, 0.4) is 0 Å². The molecule has 25 heavy (non-hydrogen) atoms. The van der Waals surface area contributed by atoms with Crippen molar-refractivity contribution in [2.75, 3.05) is 11.1 Å². The number of halogens is 2. The van der Waals surface area contributed by atoms with Crippen LogP contribution in [0.25, 0.3) is 11.5 Å². The van der Waals surface area contributed by atoms with E-state index >= 15 is 0 Å². The van der Waals surface area contributed by atoms with Crippen LogP contribution in [0.5, 0.6) is 0 Å². The van der Waals surface area contributed by atoms with E-state index in [0.717, 1.165) is 4.90 Å². The summed E-state index contributed by atoms with van der Waals surface area (Å²) in [6.45, 7) is 0. The number of hydrogen-bond acceptors (Lipinski definition) is 5. The summed E-state index contributed by atoms with van der Waals surface area (Å²) in [7, 11) is 0. The lowest BCUT2D eigenvalue weighted by Crippen LogP contribution is -2.12. The first-order valence-corrected chi connectivity index (χ1v) is 8.36. The van der Waals surface area contributed by atoms with Crippen LogP contribution in [-0.2, 0) is 4.79 Å². The summed E-state index contributed by atoms with van der Waals surface area (Å²) in [5.74, 6) is -0.220. The number of nitrogens with zero attached hydrogens (tertiary/aromatic N) is 2. The molecule has 1 amide bonds. The fourth-order valence-corrected chi connectivity index (χ4v) is 2.81. The van der Waals surface area contributed by atoms with Crippen molar-refractivity contribution >= 4 is 23.7 Å². The van der Waals surface area contributed by atoms with Crippen LogP contribution in [0, 0.1) is 11.6 Å². The second-order valence-corrected chi connectivity index (χ2v) is 6.19. The van der Waals surface area contributed by atoms with Crippen molar-refractivity contribution < 1.29 is 18.0 Å². The van der Waals surface area contributed by atoms with E-state index in [1.807, 2.05) is 0 Å². The fourth-order valence-electron chi connectivity index (χ4n) is 1.96. The summed E-state index contributed by atoms with van der Waals surface area (Å²) in [6.07, 6.45) is 0.232. The third-order valence-electron chi connectivity index (χ3n) is 3.17. The van der Waals surface area contributed by atoms with Crippen LogP contribution >= 0.6 is 11.8 Å². The van der Waals surface area contributed by atoms with Crippen molar-refractivity contribution in [2.45, 2.75) is 11.3 Å². The molecule has 0 atom stereocenters. The predicted octanol–water partition coefficient (Wildman–Crippen LogP) is 4.14. The third-order valence-corrected chi connectivity index (χ3v) is 4.19. The number of benzene rings is 2. The molecular formula is C17H13F2N3O2S. The van der Waals surface area contributed by atoms with E-state index < -0.39 is 0 Å². The van der Waals surface area contributed by atoms with E-state index in [0.29, 0.717) is 11.3 Å². The summed E-state index contributed by atoms with van der Waals surface area (Å²) in [4.78, 5) is 12.8. The van der Waals surface area contributed by atoms with Gasteiger partial charge in [-0.1, -0.05) is 5.10 Å². The Morgan fingerprint density at radius 1 is 1.00 bits per heavy atom. The number of aromatic nitrogens is 2. The van der Waals surface area contributed by atoms with Crippen molar-refractivity contribution in [1.82, 2.24) is 10.2 Å². The smallest absolute Gasteiger partial charge is 0.322 e. The lowest BCUT2D eigenvalue weighted by atomic mass is 10.2. The van der Waals surface area contributed by atoms with Gasteiger partial charge in [-0.2, -0.15) is 0 Å². The molecular weight excluding hydrogens is 348 g/mol. The summed E-state index contributed by atoms with van der Waals surface area (Å²) in [5, 5.41) is 10.1. The monoisotopic (exact) mass is 361 g/mol. The van der Waals surface area contributed by atoms with Gasteiger partial charge in [0.05, 0.1) is 0 Å². The molecule has 3 rings (SSSR count). The lowest BCUT2D eigenvalue weighted by molar-refractivity contribution is -0.115. The number of amides is 1. The molecule has 5 nitrogen and oxygen atoms in total. The molecule has 0 fully saturated rings. The molecule has 0 saturated carbocycles. The lowest BCUT2D eigenvalue weighted by Gasteiger charge is -2.01. The van der Waals surface area contributed by atoms with Gasteiger partial charge in [0.15, 0.2) is 0 Å². The van der Waals surface area contributed by atoms with Gasteiger partial charge in [-0.3, -0.25) is 10.1 Å². The second-order valence-electron chi connectivity index (χ2n) is 5.02. The first kappa shape index (κ1) is 17.1. The molecule has 0 bridgehead atoms. The van der Waals surface area contributed by atoms with Gasteiger partial charge in [0.1, 0.15) is 11.6 Å². The molecule has 128 valence electrons. The average molecular weight is 361 g/mol. The quantitative estimate of drug-likeness (QED) is 0.669. The van der Waals surface area contributed by atoms with Gasteiger partial charge < -0.3 is 4.42 Å². The second kappa shape index (κ2) is 7.89. The molecule has 0 aliphatic carbocycles. The zero-order valence-electron chi connectivity index (χ0n) is 12.9. The zero-order valence-corrected chi connectivity index (χ0v) is 13.7. The number of thioether (sulfide) groups is 1. The number of hydrogen-bond donors (Lipinski definition) is 1. The van der Waals surface area contributed by atoms with E-state index in [1.165, 1.54) is 48.2 Å². The maximum absolute atomic E-state index is 12.9. The van der Waals surface area contributed by atoms with Crippen molar-refractivity contribution in [3.63, 3.8) is 0 Å². The molecule has 2 aromatic carbocycles.